The highest BCUT2D eigenvalue weighted by Crippen LogP contribution is 2.12. The highest BCUT2D eigenvalue weighted by atomic mass is 16.6. The van der Waals surface area contributed by atoms with E-state index in [1.807, 2.05) is 6.07 Å². The number of hydrogen-bond acceptors (Lipinski definition) is 5. The maximum atomic E-state index is 12.4. The molecule has 0 aromatic heterocycles. The maximum absolute atomic E-state index is 12.4. The average Bonchev–Trinajstić information content (AvgIpc) is 2.48. The fourth-order valence-electron chi connectivity index (χ4n) is 1.68. The van der Waals surface area contributed by atoms with Crippen LogP contribution in [-0.4, -0.2) is 53.6 Å². The number of nitrogens with zero attached hydrogens (tertiary/aromatic N) is 3. The summed E-state index contributed by atoms with van der Waals surface area (Å²) in [5.74, 6) is -0.525. The third-order valence-electron chi connectivity index (χ3n) is 2.62. The molecule has 132 valence electrons. The van der Waals surface area contributed by atoms with Crippen molar-refractivity contribution >= 4 is 12.0 Å². The molecular formula is C17H26N4O3. The summed E-state index contributed by atoms with van der Waals surface area (Å²) in [7, 11) is 0. The lowest BCUT2D eigenvalue weighted by molar-refractivity contribution is -0.125. The number of ether oxygens (including phenoxy) is 1. The lowest BCUT2D eigenvalue weighted by atomic mass is 10.2. The highest BCUT2D eigenvalue weighted by Gasteiger charge is 2.23. The van der Waals surface area contributed by atoms with Gasteiger partial charge >= 0.3 is 6.09 Å². The first-order chi connectivity index (χ1) is 11.2. The highest BCUT2D eigenvalue weighted by molar-refractivity contribution is 5.97. The van der Waals surface area contributed by atoms with Crippen molar-refractivity contribution < 1.29 is 14.3 Å². The van der Waals surface area contributed by atoms with Crippen molar-refractivity contribution in [3.05, 3.63) is 37.1 Å². The lowest BCUT2D eigenvalue weighted by Crippen LogP contribution is -2.38. The summed E-state index contributed by atoms with van der Waals surface area (Å²) < 4.78 is 5.25. The van der Waals surface area contributed by atoms with Crippen molar-refractivity contribution in [1.29, 1.82) is 5.26 Å². The largest absolute Gasteiger partial charge is 0.443 e. The summed E-state index contributed by atoms with van der Waals surface area (Å²) in [6.07, 6.45) is 3.58. The summed E-state index contributed by atoms with van der Waals surface area (Å²) in [4.78, 5) is 27.1. The Hall–Kier alpha value is -2.59. The fourth-order valence-corrected chi connectivity index (χ4v) is 1.68. The zero-order valence-electron chi connectivity index (χ0n) is 14.6. The number of nitrogens with two attached hydrogens (primary N) is 1. The SMILES string of the molecule is C=CCN(CC=C)C(=O)/C(C#N)=C\N(CCN)C(=O)OC(C)(C)C. The van der Waals surface area contributed by atoms with E-state index in [9.17, 15) is 14.9 Å². The molecule has 2 N–H and O–H groups in total. The van der Waals surface area contributed by atoms with Crippen LogP contribution in [-0.2, 0) is 9.53 Å². The Morgan fingerprint density at radius 2 is 1.79 bits per heavy atom. The van der Waals surface area contributed by atoms with Gasteiger partial charge in [-0.05, 0) is 20.8 Å². The Kier molecular flexibility index (Phi) is 9.13. The van der Waals surface area contributed by atoms with Gasteiger partial charge in [0, 0.05) is 32.4 Å². The molecule has 7 heteroatoms. The number of carbonyl (C=O) groups excluding carboxylic acids is 2. The maximum Gasteiger partial charge on any atom is 0.414 e. The molecule has 0 heterocycles. The van der Waals surface area contributed by atoms with Crippen LogP contribution in [0.3, 0.4) is 0 Å². The van der Waals surface area contributed by atoms with E-state index < -0.39 is 17.6 Å². The topological polar surface area (TPSA) is 99.7 Å². The van der Waals surface area contributed by atoms with E-state index in [1.54, 1.807) is 32.9 Å². The number of hydrogen-bond donors (Lipinski definition) is 1. The van der Waals surface area contributed by atoms with E-state index in [1.165, 1.54) is 11.1 Å². The fraction of sp³-hybridized carbons (Fsp3) is 0.471. The summed E-state index contributed by atoms with van der Waals surface area (Å²) in [6.45, 7) is 13.1. The second kappa shape index (κ2) is 10.2. The van der Waals surface area contributed by atoms with Crippen molar-refractivity contribution in [2.75, 3.05) is 26.2 Å². The van der Waals surface area contributed by atoms with Crippen LogP contribution < -0.4 is 5.73 Å². The molecular weight excluding hydrogens is 308 g/mol. The monoisotopic (exact) mass is 334 g/mol. The molecule has 7 nitrogen and oxygen atoms in total. The zero-order chi connectivity index (χ0) is 18.8. The molecule has 0 atom stereocenters. The quantitative estimate of drug-likeness (QED) is 0.414. The number of amides is 2. The van der Waals surface area contributed by atoms with Gasteiger partial charge in [0.05, 0.1) is 0 Å². The average molecular weight is 334 g/mol. The molecule has 0 bridgehead atoms. The second-order valence-electron chi connectivity index (χ2n) is 5.90. The van der Waals surface area contributed by atoms with Gasteiger partial charge in [-0.15, -0.1) is 13.2 Å². The second-order valence-corrected chi connectivity index (χ2v) is 5.90. The number of rotatable bonds is 8. The molecule has 0 saturated carbocycles. The predicted molar refractivity (Wildman–Crippen MR) is 92.7 cm³/mol. The Balaban J connectivity index is 5.49. The van der Waals surface area contributed by atoms with Gasteiger partial charge in [-0.1, -0.05) is 12.2 Å². The van der Waals surface area contributed by atoms with E-state index in [2.05, 4.69) is 13.2 Å². The Bertz CT molecular complexity index is 531. The molecule has 0 aromatic carbocycles. The van der Waals surface area contributed by atoms with Crippen molar-refractivity contribution in [2.24, 2.45) is 5.73 Å². The zero-order valence-corrected chi connectivity index (χ0v) is 14.6. The van der Waals surface area contributed by atoms with Crippen LogP contribution in [0.4, 0.5) is 4.79 Å². The van der Waals surface area contributed by atoms with Crippen molar-refractivity contribution in [2.45, 2.75) is 26.4 Å². The third-order valence-corrected chi connectivity index (χ3v) is 2.62. The van der Waals surface area contributed by atoms with Gasteiger partial charge in [-0.2, -0.15) is 5.26 Å². The summed E-state index contributed by atoms with van der Waals surface area (Å²) in [5.41, 5.74) is 4.60. The van der Waals surface area contributed by atoms with E-state index in [-0.39, 0.29) is 31.8 Å². The third kappa shape index (κ3) is 7.61. The van der Waals surface area contributed by atoms with Crippen LogP contribution in [0.2, 0.25) is 0 Å². The molecule has 0 fully saturated rings. The van der Waals surface area contributed by atoms with E-state index >= 15 is 0 Å². The Labute approximate surface area is 143 Å². The molecule has 0 radical (unpaired) electrons. The standard InChI is InChI=1S/C17H26N4O3/c1-6-9-20(10-7-2)15(22)14(12-19)13-21(11-8-18)16(23)24-17(3,4)5/h6-7,13H,1-2,8-11,18H2,3-5H3/b14-13-. The van der Waals surface area contributed by atoms with Crippen molar-refractivity contribution in [1.82, 2.24) is 9.80 Å². The summed E-state index contributed by atoms with van der Waals surface area (Å²) >= 11 is 0. The predicted octanol–water partition coefficient (Wildman–Crippen LogP) is 1.79. The van der Waals surface area contributed by atoms with Crippen molar-refractivity contribution in [3.8, 4) is 6.07 Å². The van der Waals surface area contributed by atoms with Gasteiger partial charge in [-0.3, -0.25) is 9.69 Å². The molecule has 0 aliphatic rings. The first-order valence-corrected chi connectivity index (χ1v) is 7.52. The van der Waals surface area contributed by atoms with Gasteiger partial charge < -0.3 is 15.4 Å². The van der Waals surface area contributed by atoms with Crippen LogP contribution in [0.15, 0.2) is 37.1 Å². The normalized spacial score (nSPS) is 11.2. The Morgan fingerprint density at radius 3 is 2.17 bits per heavy atom. The van der Waals surface area contributed by atoms with Crippen LogP contribution in [0, 0.1) is 11.3 Å². The van der Waals surface area contributed by atoms with Crippen LogP contribution in [0.5, 0.6) is 0 Å². The molecule has 2 amide bonds. The number of carbonyl (C=O) groups is 2. The minimum Gasteiger partial charge on any atom is -0.443 e. The van der Waals surface area contributed by atoms with Crippen LogP contribution >= 0.6 is 0 Å². The van der Waals surface area contributed by atoms with Crippen LogP contribution in [0.25, 0.3) is 0 Å². The molecule has 0 saturated heterocycles. The first kappa shape index (κ1) is 21.4. The Morgan fingerprint density at radius 1 is 1.25 bits per heavy atom. The van der Waals surface area contributed by atoms with Gasteiger partial charge in [0.15, 0.2) is 0 Å². The van der Waals surface area contributed by atoms with E-state index in [0.29, 0.717) is 0 Å². The minimum atomic E-state index is -0.702. The summed E-state index contributed by atoms with van der Waals surface area (Å²) in [6, 6.07) is 1.82. The van der Waals surface area contributed by atoms with Gasteiger partial charge in [0.2, 0.25) is 0 Å². The van der Waals surface area contributed by atoms with Crippen LogP contribution in [0.1, 0.15) is 20.8 Å². The molecule has 0 unspecified atom stereocenters. The summed E-state index contributed by atoms with van der Waals surface area (Å²) in [5, 5.41) is 9.29. The molecule has 0 rings (SSSR count). The molecule has 0 spiro atoms. The lowest BCUT2D eigenvalue weighted by Gasteiger charge is -2.25. The van der Waals surface area contributed by atoms with Gasteiger partial charge in [0.25, 0.3) is 5.91 Å². The molecule has 0 aromatic rings. The first-order valence-electron chi connectivity index (χ1n) is 7.52. The van der Waals surface area contributed by atoms with Gasteiger partial charge in [0.1, 0.15) is 17.2 Å². The molecule has 24 heavy (non-hydrogen) atoms. The molecule has 0 aliphatic heterocycles. The van der Waals surface area contributed by atoms with E-state index in [4.69, 9.17) is 10.5 Å². The van der Waals surface area contributed by atoms with E-state index in [0.717, 1.165) is 4.90 Å². The number of nitriles is 1. The van der Waals surface area contributed by atoms with Gasteiger partial charge in [-0.25, -0.2) is 4.79 Å². The smallest absolute Gasteiger partial charge is 0.414 e. The minimum absolute atomic E-state index is 0.121. The van der Waals surface area contributed by atoms with Crippen molar-refractivity contribution in [3.63, 3.8) is 0 Å². The molecule has 0 aliphatic carbocycles.